The number of rotatable bonds is 7. The molecule has 46 heavy (non-hydrogen) atoms. The molecule has 0 spiro atoms. The van der Waals surface area contributed by atoms with Crippen molar-refractivity contribution in [3.8, 4) is 44.7 Å². The lowest BCUT2D eigenvalue weighted by Crippen LogP contribution is -2.10. The minimum Gasteiger partial charge on any atom is -0.456 e. The molecule has 2 nitrogen and oxygen atoms in total. The highest BCUT2D eigenvalue weighted by Crippen LogP contribution is 2.41. The summed E-state index contributed by atoms with van der Waals surface area (Å²) in [5.41, 5.74) is 12.3. The van der Waals surface area contributed by atoms with Crippen LogP contribution < -0.4 is 4.90 Å². The van der Waals surface area contributed by atoms with Gasteiger partial charge in [0.15, 0.2) is 0 Å². The van der Waals surface area contributed by atoms with Crippen LogP contribution in [0.25, 0.3) is 55.7 Å². The van der Waals surface area contributed by atoms with Crippen LogP contribution >= 0.6 is 0 Å². The minimum atomic E-state index is 0.873. The zero-order valence-corrected chi connectivity index (χ0v) is 25.3. The molecule has 1 aromatic heterocycles. The minimum absolute atomic E-state index is 0.873. The van der Waals surface area contributed by atoms with Gasteiger partial charge in [0.25, 0.3) is 0 Å². The zero-order valence-electron chi connectivity index (χ0n) is 25.3. The molecule has 0 amide bonds. The van der Waals surface area contributed by atoms with E-state index in [2.05, 4.69) is 175 Å². The average Bonchev–Trinajstić information content (AvgIpc) is 3.58. The van der Waals surface area contributed by atoms with Crippen LogP contribution in [0.2, 0.25) is 0 Å². The highest BCUT2D eigenvalue weighted by molar-refractivity contribution is 5.89. The van der Waals surface area contributed by atoms with E-state index in [4.69, 9.17) is 4.42 Å². The van der Waals surface area contributed by atoms with Crippen molar-refractivity contribution >= 4 is 28.0 Å². The first-order chi connectivity index (χ1) is 22.8. The van der Waals surface area contributed by atoms with E-state index in [1.807, 2.05) is 18.2 Å². The van der Waals surface area contributed by atoms with Crippen molar-refractivity contribution in [1.82, 2.24) is 0 Å². The molecule has 0 atom stereocenters. The predicted octanol–water partition coefficient (Wildman–Crippen LogP) is 12.6. The van der Waals surface area contributed by atoms with Crippen molar-refractivity contribution in [1.29, 1.82) is 0 Å². The summed E-state index contributed by atoms with van der Waals surface area (Å²) >= 11 is 0. The molecular formula is C44H31NO. The number of benzene rings is 7. The molecule has 0 aliphatic heterocycles. The molecule has 1 heterocycles. The topological polar surface area (TPSA) is 16.4 Å². The number of para-hydroxylation sites is 2. The van der Waals surface area contributed by atoms with Crippen molar-refractivity contribution in [3.05, 3.63) is 188 Å². The summed E-state index contributed by atoms with van der Waals surface area (Å²) in [7, 11) is 0. The first-order valence-electron chi connectivity index (χ1n) is 15.6. The van der Waals surface area contributed by atoms with E-state index in [0.717, 1.165) is 50.5 Å². The molecular weight excluding hydrogens is 558 g/mol. The van der Waals surface area contributed by atoms with E-state index in [1.54, 1.807) is 0 Å². The van der Waals surface area contributed by atoms with Crippen molar-refractivity contribution < 1.29 is 4.42 Å². The third-order valence-electron chi connectivity index (χ3n) is 8.46. The Morgan fingerprint density at radius 3 is 1.48 bits per heavy atom. The predicted molar refractivity (Wildman–Crippen MR) is 193 cm³/mol. The molecule has 218 valence electrons. The lowest BCUT2D eigenvalue weighted by atomic mass is 9.96. The monoisotopic (exact) mass is 589 g/mol. The SMILES string of the molecule is c1ccc(-c2cc(-c3ccccc3)cc(N(c3ccccc3)c3ccc(-c4ccccc4-c4cc5ccccc5o4)cc3)c2)cc1. The molecule has 0 aliphatic carbocycles. The molecule has 7 aromatic carbocycles. The highest BCUT2D eigenvalue weighted by Gasteiger charge is 2.17. The fraction of sp³-hybridized carbons (Fsp3) is 0. The Morgan fingerprint density at radius 1 is 0.326 bits per heavy atom. The van der Waals surface area contributed by atoms with Crippen LogP contribution in [-0.4, -0.2) is 0 Å². The molecule has 0 radical (unpaired) electrons. The number of anilines is 3. The Bertz CT molecular complexity index is 2140. The summed E-state index contributed by atoms with van der Waals surface area (Å²) in [4.78, 5) is 2.34. The Balaban J connectivity index is 1.24. The smallest absolute Gasteiger partial charge is 0.136 e. The summed E-state index contributed by atoms with van der Waals surface area (Å²) < 4.78 is 6.28. The fourth-order valence-corrected chi connectivity index (χ4v) is 6.21. The van der Waals surface area contributed by atoms with Gasteiger partial charge in [-0.1, -0.05) is 133 Å². The second-order valence-corrected chi connectivity index (χ2v) is 11.4. The van der Waals surface area contributed by atoms with Crippen LogP contribution in [-0.2, 0) is 0 Å². The van der Waals surface area contributed by atoms with Gasteiger partial charge in [-0.05, 0) is 88.0 Å². The largest absolute Gasteiger partial charge is 0.456 e. The van der Waals surface area contributed by atoms with Crippen LogP contribution in [0.4, 0.5) is 17.1 Å². The molecule has 0 N–H and O–H groups in total. The summed E-state index contributed by atoms with van der Waals surface area (Å²) in [6.07, 6.45) is 0. The third kappa shape index (κ3) is 5.38. The zero-order chi connectivity index (χ0) is 30.7. The summed E-state index contributed by atoms with van der Waals surface area (Å²) in [5, 5.41) is 1.11. The number of furan rings is 1. The molecule has 0 aliphatic rings. The summed E-state index contributed by atoms with van der Waals surface area (Å²) in [6, 6.07) is 66.3. The van der Waals surface area contributed by atoms with Crippen molar-refractivity contribution in [3.63, 3.8) is 0 Å². The maximum atomic E-state index is 6.28. The average molecular weight is 590 g/mol. The maximum Gasteiger partial charge on any atom is 0.136 e. The fourth-order valence-electron chi connectivity index (χ4n) is 6.21. The van der Waals surface area contributed by atoms with E-state index >= 15 is 0 Å². The normalized spacial score (nSPS) is 11.0. The second-order valence-electron chi connectivity index (χ2n) is 11.4. The van der Waals surface area contributed by atoms with Crippen LogP contribution in [0.3, 0.4) is 0 Å². The summed E-state index contributed by atoms with van der Waals surface area (Å²) in [5.74, 6) is 0.873. The molecule has 8 aromatic rings. The van der Waals surface area contributed by atoms with Gasteiger partial charge in [0.1, 0.15) is 11.3 Å². The lowest BCUT2D eigenvalue weighted by molar-refractivity contribution is 0.632. The first-order valence-corrected chi connectivity index (χ1v) is 15.6. The molecule has 0 saturated carbocycles. The Kier molecular flexibility index (Phi) is 7.22. The first kappa shape index (κ1) is 27.4. The van der Waals surface area contributed by atoms with Gasteiger partial charge in [-0.15, -0.1) is 0 Å². The quantitative estimate of drug-likeness (QED) is 0.184. The molecule has 0 unspecified atom stereocenters. The van der Waals surface area contributed by atoms with Gasteiger partial charge in [-0.2, -0.15) is 0 Å². The Morgan fingerprint density at radius 2 is 0.848 bits per heavy atom. The van der Waals surface area contributed by atoms with Crippen LogP contribution in [0.15, 0.2) is 192 Å². The molecule has 8 rings (SSSR count). The highest BCUT2D eigenvalue weighted by atomic mass is 16.3. The Hall–Kier alpha value is -6.12. The Labute approximate surface area is 269 Å². The molecule has 0 fully saturated rings. The van der Waals surface area contributed by atoms with Crippen molar-refractivity contribution in [2.24, 2.45) is 0 Å². The van der Waals surface area contributed by atoms with Crippen molar-refractivity contribution in [2.75, 3.05) is 4.90 Å². The van der Waals surface area contributed by atoms with Gasteiger partial charge in [0.05, 0.1) is 0 Å². The third-order valence-corrected chi connectivity index (χ3v) is 8.46. The van der Waals surface area contributed by atoms with Gasteiger partial charge in [-0.3, -0.25) is 0 Å². The number of hydrogen-bond acceptors (Lipinski definition) is 2. The standard InChI is InChI=1S/C44H31NO/c1-4-14-32(15-5-1)36-28-37(33-16-6-2-7-17-33)30-40(29-36)45(38-19-8-3-9-20-38)39-26-24-34(25-27-39)41-21-11-12-22-42(41)44-31-35-18-10-13-23-43(35)46-44/h1-31H. The van der Waals surface area contributed by atoms with Crippen LogP contribution in [0.1, 0.15) is 0 Å². The van der Waals surface area contributed by atoms with E-state index < -0.39 is 0 Å². The van der Waals surface area contributed by atoms with E-state index in [9.17, 15) is 0 Å². The molecule has 0 bridgehead atoms. The molecule has 2 heteroatoms. The number of nitrogens with zero attached hydrogens (tertiary/aromatic N) is 1. The van der Waals surface area contributed by atoms with Gasteiger partial charge < -0.3 is 9.32 Å². The van der Waals surface area contributed by atoms with Crippen LogP contribution in [0, 0.1) is 0 Å². The lowest BCUT2D eigenvalue weighted by Gasteiger charge is -2.27. The second kappa shape index (κ2) is 12.1. The van der Waals surface area contributed by atoms with Gasteiger partial charge in [-0.25, -0.2) is 0 Å². The van der Waals surface area contributed by atoms with Gasteiger partial charge in [0.2, 0.25) is 0 Å². The van der Waals surface area contributed by atoms with E-state index in [-0.39, 0.29) is 0 Å². The number of fused-ring (bicyclic) bond motifs is 1. The summed E-state index contributed by atoms with van der Waals surface area (Å²) in [6.45, 7) is 0. The maximum absolute atomic E-state index is 6.28. The number of hydrogen-bond donors (Lipinski definition) is 0. The van der Waals surface area contributed by atoms with E-state index in [1.165, 1.54) is 22.3 Å². The van der Waals surface area contributed by atoms with E-state index in [0.29, 0.717) is 0 Å². The van der Waals surface area contributed by atoms with Gasteiger partial charge >= 0.3 is 0 Å². The van der Waals surface area contributed by atoms with Crippen LogP contribution in [0.5, 0.6) is 0 Å². The van der Waals surface area contributed by atoms with Crippen molar-refractivity contribution in [2.45, 2.75) is 0 Å². The molecule has 0 saturated heterocycles. The van der Waals surface area contributed by atoms with Gasteiger partial charge in [0, 0.05) is 28.0 Å².